The lowest BCUT2D eigenvalue weighted by atomic mass is 10.0. The number of methoxy groups -OCH3 is 1. The van der Waals surface area contributed by atoms with Gasteiger partial charge in [0.1, 0.15) is 23.5 Å². The molecule has 100 valence electrons. The van der Waals surface area contributed by atoms with Gasteiger partial charge in [-0.25, -0.2) is 8.78 Å². The molecule has 0 heterocycles. The van der Waals surface area contributed by atoms with Crippen LogP contribution in [0.3, 0.4) is 0 Å². The van der Waals surface area contributed by atoms with Crippen LogP contribution in [-0.2, 0) is 0 Å². The van der Waals surface area contributed by atoms with Crippen molar-refractivity contribution < 1.29 is 18.6 Å². The van der Waals surface area contributed by atoms with E-state index in [1.807, 2.05) is 0 Å². The maximum atomic E-state index is 13.2. The fourth-order valence-corrected chi connectivity index (χ4v) is 2.13. The minimum absolute atomic E-state index is 0.0731. The van der Waals surface area contributed by atoms with E-state index >= 15 is 0 Å². The molecule has 0 radical (unpaired) electrons. The van der Waals surface area contributed by atoms with Crippen molar-refractivity contribution in [1.29, 1.82) is 0 Å². The molecule has 0 amide bonds. The van der Waals surface area contributed by atoms with Crippen LogP contribution in [0.2, 0.25) is 5.02 Å². The van der Waals surface area contributed by atoms with Gasteiger partial charge < -0.3 is 9.84 Å². The molecule has 0 saturated carbocycles. The number of aliphatic hydroxyl groups is 1. The molecule has 0 fully saturated rings. The summed E-state index contributed by atoms with van der Waals surface area (Å²) in [5, 5.41) is 10.5. The highest BCUT2D eigenvalue weighted by Gasteiger charge is 2.20. The van der Waals surface area contributed by atoms with Gasteiger partial charge in [-0.2, -0.15) is 0 Å². The van der Waals surface area contributed by atoms with Crippen LogP contribution in [0.25, 0.3) is 0 Å². The Kier molecular flexibility index (Phi) is 4.02. The molecule has 0 aliphatic heterocycles. The smallest absolute Gasteiger partial charge is 0.126 e. The second kappa shape index (κ2) is 5.55. The normalized spacial score (nSPS) is 12.3. The molecule has 5 heteroatoms. The third kappa shape index (κ3) is 2.85. The molecule has 1 unspecified atom stereocenters. The van der Waals surface area contributed by atoms with Crippen molar-refractivity contribution in [3.05, 3.63) is 64.2 Å². The molecular formula is C14H11ClF2O2. The molecule has 0 aromatic heterocycles. The van der Waals surface area contributed by atoms with Gasteiger partial charge in [-0.05, 0) is 29.8 Å². The lowest BCUT2D eigenvalue weighted by molar-refractivity contribution is 0.214. The maximum Gasteiger partial charge on any atom is 0.126 e. The first-order chi connectivity index (χ1) is 9.02. The fourth-order valence-electron chi connectivity index (χ4n) is 1.86. The highest BCUT2D eigenvalue weighted by atomic mass is 35.5. The summed E-state index contributed by atoms with van der Waals surface area (Å²) in [6.07, 6.45) is -1.27. The zero-order valence-electron chi connectivity index (χ0n) is 10.0. The summed E-state index contributed by atoms with van der Waals surface area (Å²) >= 11 is 6.00. The molecule has 2 aromatic rings. The number of hydrogen-bond acceptors (Lipinski definition) is 2. The predicted octanol–water partition coefficient (Wildman–Crippen LogP) is 3.71. The van der Waals surface area contributed by atoms with Gasteiger partial charge in [0.2, 0.25) is 0 Å². The number of halogens is 3. The number of ether oxygens (including phenoxy) is 1. The van der Waals surface area contributed by atoms with Gasteiger partial charge in [-0.3, -0.25) is 0 Å². The lowest BCUT2D eigenvalue weighted by Crippen LogP contribution is -2.04. The van der Waals surface area contributed by atoms with Gasteiger partial charge in [0.25, 0.3) is 0 Å². The van der Waals surface area contributed by atoms with Gasteiger partial charge in [0.05, 0.1) is 12.1 Å². The Morgan fingerprint density at radius 2 is 1.79 bits per heavy atom. The van der Waals surface area contributed by atoms with E-state index in [9.17, 15) is 13.9 Å². The molecule has 0 saturated heterocycles. The molecule has 0 spiro atoms. The van der Waals surface area contributed by atoms with Crippen LogP contribution in [0.4, 0.5) is 8.78 Å². The molecular weight excluding hydrogens is 274 g/mol. The highest BCUT2D eigenvalue weighted by Crippen LogP contribution is 2.35. The largest absolute Gasteiger partial charge is 0.496 e. The molecule has 1 atom stereocenters. The van der Waals surface area contributed by atoms with Crippen LogP contribution in [0.15, 0.2) is 36.4 Å². The van der Waals surface area contributed by atoms with Crippen LogP contribution in [0, 0.1) is 11.6 Å². The summed E-state index contributed by atoms with van der Waals surface area (Å²) < 4.78 is 31.4. The van der Waals surface area contributed by atoms with Crippen molar-refractivity contribution in [3.8, 4) is 5.75 Å². The number of rotatable bonds is 3. The molecule has 0 bridgehead atoms. The zero-order chi connectivity index (χ0) is 14.0. The minimum atomic E-state index is -1.27. The molecule has 2 nitrogen and oxygen atoms in total. The first-order valence-corrected chi connectivity index (χ1v) is 5.87. The highest BCUT2D eigenvalue weighted by molar-refractivity contribution is 6.31. The first kappa shape index (κ1) is 13.8. The van der Waals surface area contributed by atoms with Gasteiger partial charge in [0, 0.05) is 11.6 Å². The second-order valence-corrected chi connectivity index (χ2v) is 4.37. The zero-order valence-corrected chi connectivity index (χ0v) is 10.8. The fraction of sp³-hybridized carbons (Fsp3) is 0.143. The molecule has 0 aliphatic carbocycles. The van der Waals surface area contributed by atoms with E-state index in [0.717, 1.165) is 18.2 Å². The minimum Gasteiger partial charge on any atom is -0.496 e. The average molecular weight is 285 g/mol. The summed E-state index contributed by atoms with van der Waals surface area (Å²) in [6.45, 7) is 0. The predicted molar refractivity (Wildman–Crippen MR) is 68.4 cm³/mol. The van der Waals surface area contributed by atoms with Gasteiger partial charge >= 0.3 is 0 Å². The Morgan fingerprint density at radius 1 is 1.16 bits per heavy atom. The summed E-state index contributed by atoms with van der Waals surface area (Å²) in [5.74, 6) is -1.18. The van der Waals surface area contributed by atoms with E-state index < -0.39 is 17.7 Å². The van der Waals surface area contributed by atoms with Gasteiger partial charge in [0.15, 0.2) is 0 Å². The number of benzene rings is 2. The Labute approximate surface area is 114 Å². The van der Waals surface area contributed by atoms with Crippen molar-refractivity contribution in [2.75, 3.05) is 7.11 Å². The Morgan fingerprint density at radius 3 is 2.37 bits per heavy atom. The Bertz CT molecular complexity index is 582. The molecule has 2 aromatic carbocycles. The van der Waals surface area contributed by atoms with Crippen molar-refractivity contribution in [1.82, 2.24) is 0 Å². The third-order valence-electron chi connectivity index (χ3n) is 2.71. The van der Waals surface area contributed by atoms with E-state index in [0.29, 0.717) is 5.75 Å². The SMILES string of the molecule is COc1cccc(Cl)c1C(O)c1cc(F)cc(F)c1. The average Bonchev–Trinajstić information content (AvgIpc) is 2.36. The monoisotopic (exact) mass is 284 g/mol. The van der Waals surface area contributed by atoms with E-state index in [1.165, 1.54) is 7.11 Å². The van der Waals surface area contributed by atoms with E-state index in [4.69, 9.17) is 16.3 Å². The van der Waals surface area contributed by atoms with Crippen molar-refractivity contribution in [2.45, 2.75) is 6.10 Å². The molecule has 0 aliphatic rings. The standard InChI is InChI=1S/C14H11ClF2O2/c1-19-12-4-2-3-11(15)13(12)14(18)8-5-9(16)7-10(17)6-8/h2-7,14,18H,1H3. The lowest BCUT2D eigenvalue weighted by Gasteiger charge is -2.16. The van der Waals surface area contributed by atoms with Gasteiger partial charge in [-0.1, -0.05) is 17.7 Å². The second-order valence-electron chi connectivity index (χ2n) is 3.96. The van der Waals surface area contributed by atoms with Crippen molar-refractivity contribution in [2.24, 2.45) is 0 Å². The summed E-state index contributed by atoms with van der Waals surface area (Å²) in [6, 6.07) is 7.68. The van der Waals surface area contributed by atoms with Crippen molar-refractivity contribution in [3.63, 3.8) is 0 Å². The van der Waals surface area contributed by atoms with E-state index in [-0.39, 0.29) is 16.1 Å². The third-order valence-corrected chi connectivity index (χ3v) is 3.04. The first-order valence-electron chi connectivity index (χ1n) is 5.49. The molecule has 19 heavy (non-hydrogen) atoms. The van der Waals surface area contributed by atoms with E-state index in [1.54, 1.807) is 18.2 Å². The van der Waals surface area contributed by atoms with Crippen LogP contribution >= 0.6 is 11.6 Å². The topological polar surface area (TPSA) is 29.5 Å². The molecule has 2 rings (SSSR count). The van der Waals surface area contributed by atoms with Gasteiger partial charge in [-0.15, -0.1) is 0 Å². The summed E-state index contributed by atoms with van der Waals surface area (Å²) in [7, 11) is 1.42. The van der Waals surface area contributed by atoms with Crippen molar-refractivity contribution >= 4 is 11.6 Å². The quantitative estimate of drug-likeness (QED) is 0.931. The number of hydrogen-bond donors (Lipinski definition) is 1. The van der Waals surface area contributed by atoms with E-state index in [2.05, 4.69) is 0 Å². The van der Waals surface area contributed by atoms with Crippen LogP contribution in [-0.4, -0.2) is 12.2 Å². The maximum absolute atomic E-state index is 13.2. The Balaban J connectivity index is 2.52. The Hall–Kier alpha value is -1.65. The van der Waals surface area contributed by atoms with Crippen LogP contribution < -0.4 is 4.74 Å². The summed E-state index contributed by atoms with van der Waals surface area (Å²) in [4.78, 5) is 0. The molecule has 1 N–H and O–H groups in total. The van der Waals surface area contributed by atoms with Crippen LogP contribution in [0.1, 0.15) is 17.2 Å². The van der Waals surface area contributed by atoms with Crippen LogP contribution in [0.5, 0.6) is 5.75 Å². The summed E-state index contributed by atoms with van der Waals surface area (Å²) in [5.41, 5.74) is 0.348. The number of aliphatic hydroxyl groups excluding tert-OH is 1.